The quantitative estimate of drug-likeness (QED) is 0.641. The van der Waals surface area contributed by atoms with Gasteiger partial charge in [0.15, 0.2) is 10.9 Å². The van der Waals surface area contributed by atoms with Crippen LogP contribution in [0, 0.1) is 20.8 Å². The normalized spacial score (nSPS) is 14.9. The minimum absolute atomic E-state index is 0.217. The van der Waals surface area contributed by atoms with E-state index < -0.39 is 0 Å². The van der Waals surface area contributed by atoms with E-state index in [4.69, 9.17) is 14.2 Å². The number of carbonyl (C=O) groups excluding carboxylic acids is 1. The Morgan fingerprint density at radius 3 is 2.73 bits per heavy atom. The number of rotatable bonds is 5. The predicted octanol–water partition coefficient (Wildman–Crippen LogP) is 4.55. The maximum Gasteiger partial charge on any atom is 0.409 e. The number of hydrogen-bond donors (Lipinski definition) is 1. The molecular formula is C21H27N5O3S. The lowest BCUT2D eigenvalue weighted by atomic mass is 10.1. The number of thiazole rings is 1. The molecule has 0 spiro atoms. The number of hydrogen-bond acceptors (Lipinski definition) is 7. The van der Waals surface area contributed by atoms with Gasteiger partial charge in [0.05, 0.1) is 12.3 Å². The van der Waals surface area contributed by atoms with Crippen molar-refractivity contribution < 1.29 is 14.1 Å². The Bertz CT molecular complexity index is 1030. The summed E-state index contributed by atoms with van der Waals surface area (Å²) in [5.41, 5.74) is 4.21. The molecule has 0 atom stereocenters. The number of amides is 1. The largest absolute Gasteiger partial charge is 0.450 e. The first-order valence-corrected chi connectivity index (χ1v) is 11.1. The average molecular weight is 430 g/mol. The monoisotopic (exact) mass is 429 g/mol. The Balaban J connectivity index is 1.44. The Kier molecular flexibility index (Phi) is 5.80. The van der Waals surface area contributed by atoms with Gasteiger partial charge >= 0.3 is 6.09 Å². The van der Waals surface area contributed by atoms with Crippen LogP contribution < -0.4 is 5.32 Å². The third-order valence-corrected chi connectivity index (χ3v) is 6.18. The molecule has 1 saturated heterocycles. The van der Waals surface area contributed by atoms with Gasteiger partial charge in [-0.25, -0.2) is 9.78 Å². The SMILES string of the molecule is CCOC(=O)N1CCC(Nc2nc(-c3cc(C)n(-c4cc(C)on4)c3C)cs2)CC1. The van der Waals surface area contributed by atoms with Crippen molar-refractivity contribution in [3.8, 4) is 17.1 Å². The fourth-order valence-corrected chi connectivity index (χ4v) is 4.68. The molecule has 0 aromatic carbocycles. The first-order chi connectivity index (χ1) is 14.5. The molecule has 9 heteroatoms. The summed E-state index contributed by atoms with van der Waals surface area (Å²) in [6, 6.07) is 4.37. The summed E-state index contributed by atoms with van der Waals surface area (Å²) in [6.07, 6.45) is 1.55. The number of nitrogens with zero attached hydrogens (tertiary/aromatic N) is 4. The molecule has 1 amide bonds. The molecule has 160 valence electrons. The number of piperidine rings is 1. The lowest BCUT2D eigenvalue weighted by Crippen LogP contribution is -2.42. The highest BCUT2D eigenvalue weighted by molar-refractivity contribution is 7.14. The van der Waals surface area contributed by atoms with Crippen molar-refractivity contribution in [1.82, 2.24) is 19.6 Å². The molecule has 1 fully saturated rings. The third-order valence-electron chi connectivity index (χ3n) is 5.40. The van der Waals surface area contributed by atoms with Crippen LogP contribution in [-0.4, -0.2) is 51.4 Å². The lowest BCUT2D eigenvalue weighted by Gasteiger charge is -2.31. The van der Waals surface area contributed by atoms with E-state index in [2.05, 4.69) is 40.3 Å². The first kappa shape index (κ1) is 20.5. The highest BCUT2D eigenvalue weighted by Crippen LogP contribution is 2.32. The van der Waals surface area contributed by atoms with E-state index in [-0.39, 0.29) is 6.09 Å². The zero-order chi connectivity index (χ0) is 21.3. The fourth-order valence-electron chi connectivity index (χ4n) is 3.89. The van der Waals surface area contributed by atoms with Crippen LogP contribution in [-0.2, 0) is 4.74 Å². The maximum absolute atomic E-state index is 11.8. The number of ether oxygens (including phenoxy) is 1. The zero-order valence-electron chi connectivity index (χ0n) is 17.8. The lowest BCUT2D eigenvalue weighted by molar-refractivity contribution is 0.0983. The molecule has 4 heterocycles. The van der Waals surface area contributed by atoms with Gasteiger partial charge in [0.25, 0.3) is 0 Å². The Hall–Kier alpha value is -2.81. The van der Waals surface area contributed by atoms with E-state index in [1.807, 2.05) is 19.9 Å². The van der Waals surface area contributed by atoms with Gasteiger partial charge in [-0.3, -0.25) is 4.57 Å². The summed E-state index contributed by atoms with van der Waals surface area (Å²) in [5, 5.41) is 10.7. The van der Waals surface area contributed by atoms with Crippen LogP contribution in [0.25, 0.3) is 17.1 Å². The molecule has 0 unspecified atom stereocenters. The van der Waals surface area contributed by atoms with Crippen molar-refractivity contribution in [2.24, 2.45) is 0 Å². The minimum atomic E-state index is -0.217. The molecule has 1 N–H and O–H groups in total. The van der Waals surface area contributed by atoms with Crippen molar-refractivity contribution in [2.75, 3.05) is 25.0 Å². The van der Waals surface area contributed by atoms with Crippen LogP contribution in [0.5, 0.6) is 0 Å². The summed E-state index contributed by atoms with van der Waals surface area (Å²) < 4.78 is 12.4. The number of anilines is 1. The summed E-state index contributed by atoms with van der Waals surface area (Å²) in [6.45, 7) is 9.67. The van der Waals surface area contributed by atoms with Crippen LogP contribution in [0.2, 0.25) is 0 Å². The number of nitrogens with one attached hydrogen (secondary N) is 1. The first-order valence-electron chi connectivity index (χ1n) is 10.2. The van der Waals surface area contributed by atoms with Gasteiger partial charge < -0.3 is 19.5 Å². The van der Waals surface area contributed by atoms with Crippen LogP contribution in [0.3, 0.4) is 0 Å². The second kappa shape index (κ2) is 8.51. The second-order valence-corrected chi connectivity index (χ2v) is 8.42. The van der Waals surface area contributed by atoms with E-state index >= 15 is 0 Å². The van der Waals surface area contributed by atoms with Crippen LogP contribution >= 0.6 is 11.3 Å². The molecule has 3 aromatic heterocycles. The van der Waals surface area contributed by atoms with Gasteiger partial charge in [0, 0.05) is 47.5 Å². The molecule has 0 saturated carbocycles. The van der Waals surface area contributed by atoms with Crippen molar-refractivity contribution in [2.45, 2.75) is 46.6 Å². The number of likely N-dealkylation sites (tertiary alicyclic amines) is 1. The number of aryl methyl sites for hydroxylation is 2. The summed E-state index contributed by atoms with van der Waals surface area (Å²) >= 11 is 1.61. The highest BCUT2D eigenvalue weighted by atomic mass is 32.1. The number of aromatic nitrogens is 3. The predicted molar refractivity (Wildman–Crippen MR) is 116 cm³/mol. The Morgan fingerprint density at radius 2 is 2.07 bits per heavy atom. The van der Waals surface area contributed by atoms with Gasteiger partial charge in [-0.05, 0) is 46.6 Å². The van der Waals surface area contributed by atoms with Crippen molar-refractivity contribution in [3.63, 3.8) is 0 Å². The van der Waals surface area contributed by atoms with Gasteiger partial charge in [0.1, 0.15) is 5.76 Å². The van der Waals surface area contributed by atoms with Gasteiger partial charge in [-0.2, -0.15) is 0 Å². The Labute approximate surface area is 179 Å². The van der Waals surface area contributed by atoms with Crippen LogP contribution in [0.4, 0.5) is 9.93 Å². The molecular weight excluding hydrogens is 402 g/mol. The van der Waals surface area contributed by atoms with Crippen molar-refractivity contribution in [1.29, 1.82) is 0 Å². The third kappa shape index (κ3) is 4.07. The molecule has 4 rings (SSSR count). The minimum Gasteiger partial charge on any atom is -0.450 e. The molecule has 3 aromatic rings. The summed E-state index contributed by atoms with van der Waals surface area (Å²) in [7, 11) is 0. The molecule has 0 radical (unpaired) electrons. The van der Waals surface area contributed by atoms with Gasteiger partial charge in [-0.1, -0.05) is 5.16 Å². The summed E-state index contributed by atoms with van der Waals surface area (Å²) in [5.74, 6) is 1.57. The highest BCUT2D eigenvalue weighted by Gasteiger charge is 2.24. The van der Waals surface area contributed by atoms with Gasteiger partial charge in [-0.15, -0.1) is 11.3 Å². The van der Waals surface area contributed by atoms with Gasteiger partial charge in [0.2, 0.25) is 0 Å². The van der Waals surface area contributed by atoms with Crippen molar-refractivity contribution >= 4 is 22.6 Å². The average Bonchev–Trinajstić information content (AvgIpc) is 3.42. The van der Waals surface area contributed by atoms with E-state index in [1.54, 1.807) is 16.2 Å². The standard InChI is InChI=1S/C21H27N5O3S/c1-5-28-21(27)25-8-6-16(7-9-25)22-20-23-18(12-30-20)17-10-13(2)26(15(17)4)19-11-14(3)29-24-19/h10-12,16H,5-9H2,1-4H3,(H,22,23). The number of carbonyl (C=O) groups is 1. The maximum atomic E-state index is 11.8. The van der Waals surface area contributed by atoms with Crippen LogP contribution in [0.1, 0.15) is 36.9 Å². The molecule has 1 aliphatic heterocycles. The molecule has 0 aliphatic carbocycles. The summed E-state index contributed by atoms with van der Waals surface area (Å²) in [4.78, 5) is 18.4. The zero-order valence-corrected chi connectivity index (χ0v) is 18.6. The van der Waals surface area contributed by atoms with Crippen LogP contribution in [0.15, 0.2) is 22.0 Å². The topological polar surface area (TPSA) is 85.4 Å². The van der Waals surface area contributed by atoms with Crippen molar-refractivity contribution in [3.05, 3.63) is 34.7 Å². The molecule has 1 aliphatic rings. The smallest absolute Gasteiger partial charge is 0.409 e. The van der Waals surface area contributed by atoms with E-state index in [9.17, 15) is 4.79 Å². The molecule has 30 heavy (non-hydrogen) atoms. The Morgan fingerprint density at radius 1 is 1.30 bits per heavy atom. The molecule has 8 nitrogen and oxygen atoms in total. The fraction of sp³-hybridized carbons (Fsp3) is 0.476. The molecule has 0 bridgehead atoms. The van der Waals surface area contributed by atoms with E-state index in [0.717, 1.165) is 52.2 Å². The van der Waals surface area contributed by atoms with E-state index in [0.29, 0.717) is 25.7 Å². The van der Waals surface area contributed by atoms with E-state index in [1.165, 1.54) is 0 Å². The second-order valence-electron chi connectivity index (χ2n) is 7.56.